The van der Waals surface area contributed by atoms with E-state index in [1.807, 2.05) is 24.3 Å². The number of piperidine rings is 1. The van der Waals surface area contributed by atoms with Crippen molar-refractivity contribution in [3.63, 3.8) is 0 Å². The van der Waals surface area contributed by atoms with Gasteiger partial charge in [0.05, 0.1) is 0 Å². The molecule has 4 heteroatoms. The molecule has 4 nitrogen and oxygen atoms in total. The minimum Gasteiger partial charge on any atom is -0.492 e. The second kappa shape index (κ2) is 7.29. The lowest BCUT2D eigenvalue weighted by Gasteiger charge is -2.31. The topological polar surface area (TPSA) is 49.8 Å². The van der Waals surface area contributed by atoms with Crippen molar-refractivity contribution < 1.29 is 14.6 Å². The van der Waals surface area contributed by atoms with Crippen molar-refractivity contribution in [3.8, 4) is 5.75 Å². The second-order valence-electron chi connectivity index (χ2n) is 5.57. The summed E-state index contributed by atoms with van der Waals surface area (Å²) in [6.07, 6.45) is 2.40. The maximum absolute atomic E-state index is 10.8. The molecule has 0 radical (unpaired) electrons. The molecular formula is C16H23NO3. The van der Waals surface area contributed by atoms with Crippen LogP contribution in [-0.2, 0) is 4.79 Å². The van der Waals surface area contributed by atoms with E-state index < -0.39 is 5.97 Å². The molecule has 1 atom stereocenters. The average Bonchev–Trinajstić information content (AvgIpc) is 2.41. The highest BCUT2D eigenvalue weighted by atomic mass is 16.5. The highest BCUT2D eigenvalue weighted by Crippen LogP contribution is 2.19. The van der Waals surface area contributed by atoms with E-state index in [9.17, 15) is 4.79 Å². The Kier molecular flexibility index (Phi) is 5.41. The summed E-state index contributed by atoms with van der Waals surface area (Å²) in [5.41, 5.74) is 1.23. The zero-order valence-electron chi connectivity index (χ0n) is 12.0. The highest BCUT2D eigenvalue weighted by Gasteiger charge is 2.21. The van der Waals surface area contributed by atoms with Crippen LogP contribution in [0, 0.1) is 12.8 Å². The first kappa shape index (κ1) is 14.9. The molecule has 1 aliphatic rings. The van der Waals surface area contributed by atoms with Crippen molar-refractivity contribution in [2.45, 2.75) is 26.2 Å². The van der Waals surface area contributed by atoms with Crippen LogP contribution < -0.4 is 4.74 Å². The number of benzene rings is 1. The summed E-state index contributed by atoms with van der Waals surface area (Å²) in [5, 5.41) is 8.86. The molecule has 0 amide bonds. The molecule has 0 aromatic heterocycles. The number of hydrogen-bond donors (Lipinski definition) is 1. The molecule has 1 aliphatic heterocycles. The number of ether oxygens (including phenoxy) is 1. The van der Waals surface area contributed by atoms with Gasteiger partial charge in [0.2, 0.25) is 0 Å². The Morgan fingerprint density at radius 1 is 1.40 bits per heavy atom. The summed E-state index contributed by atoms with van der Waals surface area (Å²) < 4.78 is 5.72. The lowest BCUT2D eigenvalue weighted by molar-refractivity contribution is -0.138. The van der Waals surface area contributed by atoms with Gasteiger partial charge in [-0.3, -0.25) is 9.69 Å². The van der Waals surface area contributed by atoms with Crippen molar-refractivity contribution in [1.29, 1.82) is 0 Å². The predicted octanol–water partition coefficient (Wildman–Crippen LogP) is 2.56. The molecular weight excluding hydrogens is 254 g/mol. The molecule has 1 heterocycles. The number of carboxylic acid groups (broad SMARTS) is 1. The Hall–Kier alpha value is -1.55. The van der Waals surface area contributed by atoms with Crippen LogP contribution in [0.4, 0.5) is 0 Å². The van der Waals surface area contributed by atoms with Gasteiger partial charge in [0, 0.05) is 19.5 Å². The van der Waals surface area contributed by atoms with Crippen molar-refractivity contribution in [1.82, 2.24) is 4.90 Å². The van der Waals surface area contributed by atoms with E-state index >= 15 is 0 Å². The molecule has 1 saturated heterocycles. The van der Waals surface area contributed by atoms with Crippen LogP contribution in [0.2, 0.25) is 0 Å². The lowest BCUT2D eigenvalue weighted by atomic mass is 9.95. The second-order valence-corrected chi connectivity index (χ2v) is 5.57. The number of hydrogen-bond acceptors (Lipinski definition) is 3. The zero-order chi connectivity index (χ0) is 14.4. The van der Waals surface area contributed by atoms with E-state index in [0.29, 0.717) is 12.5 Å². The Balaban J connectivity index is 1.70. The van der Waals surface area contributed by atoms with E-state index in [2.05, 4.69) is 11.8 Å². The van der Waals surface area contributed by atoms with Crippen molar-refractivity contribution in [2.75, 3.05) is 26.2 Å². The van der Waals surface area contributed by atoms with E-state index in [4.69, 9.17) is 9.84 Å². The molecule has 0 spiro atoms. The lowest BCUT2D eigenvalue weighted by Crippen LogP contribution is -2.38. The van der Waals surface area contributed by atoms with Crippen molar-refractivity contribution in [2.24, 2.45) is 5.92 Å². The van der Waals surface area contributed by atoms with Crippen LogP contribution in [0.3, 0.4) is 0 Å². The number of carboxylic acids is 1. The Bertz CT molecular complexity index is 430. The quantitative estimate of drug-likeness (QED) is 0.868. The number of likely N-dealkylation sites (tertiary alicyclic amines) is 1. The number of nitrogens with zero attached hydrogens (tertiary/aromatic N) is 1. The van der Waals surface area contributed by atoms with Crippen molar-refractivity contribution >= 4 is 5.97 Å². The Morgan fingerprint density at radius 3 is 2.85 bits per heavy atom. The summed E-state index contributed by atoms with van der Waals surface area (Å²) >= 11 is 0. The van der Waals surface area contributed by atoms with E-state index in [-0.39, 0.29) is 6.42 Å². The first-order chi connectivity index (χ1) is 9.63. The van der Waals surface area contributed by atoms with Gasteiger partial charge in [0.15, 0.2) is 0 Å². The largest absolute Gasteiger partial charge is 0.492 e. The third-order valence-corrected chi connectivity index (χ3v) is 3.76. The van der Waals surface area contributed by atoms with E-state index in [0.717, 1.165) is 38.2 Å². The SMILES string of the molecule is Cc1ccc(OCCN2CCCC(CC(=O)O)C2)cc1. The number of aryl methyl sites for hydroxylation is 1. The molecule has 1 aromatic rings. The zero-order valence-corrected chi connectivity index (χ0v) is 12.0. The van der Waals surface area contributed by atoms with Crippen molar-refractivity contribution in [3.05, 3.63) is 29.8 Å². The summed E-state index contributed by atoms with van der Waals surface area (Å²) in [6.45, 7) is 5.50. The Labute approximate surface area is 120 Å². The van der Waals surface area contributed by atoms with Gasteiger partial charge >= 0.3 is 5.97 Å². The van der Waals surface area contributed by atoms with Gasteiger partial charge in [0.25, 0.3) is 0 Å². The highest BCUT2D eigenvalue weighted by molar-refractivity contribution is 5.67. The van der Waals surface area contributed by atoms with Gasteiger partial charge in [-0.05, 0) is 44.4 Å². The molecule has 0 saturated carbocycles. The molecule has 1 aromatic carbocycles. The minimum absolute atomic E-state index is 0.287. The smallest absolute Gasteiger partial charge is 0.303 e. The maximum atomic E-state index is 10.8. The van der Waals surface area contributed by atoms with Crippen LogP contribution in [0.15, 0.2) is 24.3 Å². The third kappa shape index (κ3) is 4.85. The van der Waals surface area contributed by atoms with E-state index in [1.54, 1.807) is 0 Å². The van der Waals surface area contributed by atoms with Gasteiger partial charge in [-0.1, -0.05) is 17.7 Å². The molecule has 1 N–H and O–H groups in total. The normalized spacial score (nSPS) is 19.8. The van der Waals surface area contributed by atoms with E-state index in [1.165, 1.54) is 5.56 Å². The van der Waals surface area contributed by atoms with Crippen LogP contribution in [0.5, 0.6) is 5.75 Å². The fourth-order valence-electron chi connectivity index (χ4n) is 2.70. The summed E-state index contributed by atoms with van der Waals surface area (Å²) in [5.74, 6) is 0.503. The number of aliphatic carboxylic acids is 1. The third-order valence-electron chi connectivity index (χ3n) is 3.76. The average molecular weight is 277 g/mol. The van der Waals surface area contributed by atoms with Gasteiger partial charge in [-0.15, -0.1) is 0 Å². The summed E-state index contributed by atoms with van der Waals surface area (Å²) in [7, 11) is 0. The first-order valence-electron chi connectivity index (χ1n) is 7.27. The first-order valence-corrected chi connectivity index (χ1v) is 7.27. The van der Waals surface area contributed by atoms with Gasteiger partial charge in [-0.2, -0.15) is 0 Å². The summed E-state index contributed by atoms with van der Waals surface area (Å²) in [4.78, 5) is 13.1. The monoisotopic (exact) mass is 277 g/mol. The van der Waals surface area contributed by atoms with Gasteiger partial charge in [0.1, 0.15) is 12.4 Å². The fourth-order valence-corrected chi connectivity index (χ4v) is 2.70. The Morgan fingerprint density at radius 2 is 2.15 bits per heavy atom. The van der Waals surface area contributed by atoms with Crippen LogP contribution in [0.1, 0.15) is 24.8 Å². The van der Waals surface area contributed by atoms with Crippen LogP contribution in [-0.4, -0.2) is 42.2 Å². The summed E-state index contributed by atoms with van der Waals surface area (Å²) in [6, 6.07) is 8.05. The molecule has 0 bridgehead atoms. The fraction of sp³-hybridized carbons (Fsp3) is 0.562. The van der Waals surface area contributed by atoms with Crippen LogP contribution in [0.25, 0.3) is 0 Å². The minimum atomic E-state index is -0.687. The van der Waals surface area contributed by atoms with Crippen LogP contribution >= 0.6 is 0 Å². The molecule has 20 heavy (non-hydrogen) atoms. The van der Waals surface area contributed by atoms with Gasteiger partial charge in [-0.25, -0.2) is 0 Å². The maximum Gasteiger partial charge on any atom is 0.303 e. The standard InChI is InChI=1S/C16H23NO3/c1-13-4-6-15(7-5-13)20-10-9-17-8-2-3-14(12-17)11-16(18)19/h4-7,14H,2-3,8-12H2,1H3,(H,18,19). The molecule has 110 valence electrons. The van der Waals surface area contributed by atoms with Gasteiger partial charge < -0.3 is 9.84 Å². The molecule has 1 fully saturated rings. The molecule has 0 aliphatic carbocycles. The molecule has 2 rings (SSSR count). The molecule has 1 unspecified atom stereocenters. The number of rotatable bonds is 6. The predicted molar refractivity (Wildman–Crippen MR) is 78.1 cm³/mol. The number of carbonyl (C=O) groups is 1.